The molecular formula is C14H18N4OS. The van der Waals surface area contributed by atoms with E-state index in [4.69, 9.17) is 4.74 Å². The molecule has 2 heterocycles. The lowest BCUT2D eigenvalue weighted by Gasteiger charge is -2.28. The molecular weight excluding hydrogens is 272 g/mol. The fraction of sp³-hybridized carbons (Fsp3) is 0.429. The van der Waals surface area contributed by atoms with Gasteiger partial charge in [0.2, 0.25) is 5.16 Å². The van der Waals surface area contributed by atoms with E-state index in [0.29, 0.717) is 5.92 Å². The molecule has 1 aliphatic rings. The van der Waals surface area contributed by atoms with Gasteiger partial charge in [-0.1, -0.05) is 43.8 Å². The lowest BCUT2D eigenvalue weighted by Crippen LogP contribution is -2.29. The molecule has 2 aromatic rings. The van der Waals surface area contributed by atoms with Crippen LogP contribution >= 0.6 is 11.8 Å². The molecule has 0 fully saturated rings. The Bertz CT molecular complexity index is 611. The first kappa shape index (κ1) is 13.3. The second-order valence-electron chi connectivity index (χ2n) is 5.07. The Morgan fingerprint density at radius 3 is 2.90 bits per heavy atom. The third kappa shape index (κ3) is 2.24. The van der Waals surface area contributed by atoms with E-state index < -0.39 is 0 Å². The van der Waals surface area contributed by atoms with Crippen molar-refractivity contribution in [2.75, 3.05) is 18.3 Å². The molecule has 5 nitrogen and oxygen atoms in total. The lowest BCUT2D eigenvalue weighted by atomic mass is 10.1. The SMILES string of the molecule is COc1ccccc1C1CSc2nnc(C(C)C)n2N1. The predicted octanol–water partition coefficient (Wildman–Crippen LogP) is 2.80. The van der Waals surface area contributed by atoms with Gasteiger partial charge in [-0.05, 0) is 6.07 Å². The summed E-state index contributed by atoms with van der Waals surface area (Å²) in [5, 5.41) is 9.43. The van der Waals surface area contributed by atoms with Crippen molar-refractivity contribution < 1.29 is 4.74 Å². The first-order chi connectivity index (χ1) is 9.70. The smallest absolute Gasteiger partial charge is 0.210 e. The molecule has 0 amide bonds. The van der Waals surface area contributed by atoms with Gasteiger partial charge < -0.3 is 10.2 Å². The summed E-state index contributed by atoms with van der Waals surface area (Å²) in [4.78, 5) is 0. The molecule has 20 heavy (non-hydrogen) atoms. The molecule has 3 rings (SSSR count). The van der Waals surface area contributed by atoms with Gasteiger partial charge in [0.15, 0.2) is 5.82 Å². The van der Waals surface area contributed by atoms with Gasteiger partial charge in [0.1, 0.15) is 5.75 Å². The summed E-state index contributed by atoms with van der Waals surface area (Å²) < 4.78 is 7.47. The number of aromatic nitrogens is 3. The Morgan fingerprint density at radius 1 is 1.35 bits per heavy atom. The van der Waals surface area contributed by atoms with Crippen molar-refractivity contribution in [1.29, 1.82) is 0 Å². The van der Waals surface area contributed by atoms with Gasteiger partial charge in [0.25, 0.3) is 0 Å². The molecule has 0 bridgehead atoms. The van der Waals surface area contributed by atoms with Crippen LogP contribution in [0.1, 0.15) is 37.2 Å². The van der Waals surface area contributed by atoms with Gasteiger partial charge in [0, 0.05) is 17.2 Å². The first-order valence-corrected chi connectivity index (χ1v) is 7.67. The maximum Gasteiger partial charge on any atom is 0.210 e. The summed E-state index contributed by atoms with van der Waals surface area (Å²) in [7, 11) is 1.71. The van der Waals surface area contributed by atoms with Crippen molar-refractivity contribution in [3.05, 3.63) is 35.7 Å². The number of hydrogen-bond acceptors (Lipinski definition) is 5. The second kappa shape index (κ2) is 5.36. The number of nitrogens with one attached hydrogen (secondary N) is 1. The van der Waals surface area contributed by atoms with Gasteiger partial charge in [0.05, 0.1) is 13.2 Å². The van der Waals surface area contributed by atoms with Crippen LogP contribution in [0.25, 0.3) is 0 Å². The van der Waals surface area contributed by atoms with Crippen LogP contribution < -0.4 is 10.2 Å². The van der Waals surface area contributed by atoms with Gasteiger partial charge in [-0.25, -0.2) is 4.68 Å². The van der Waals surface area contributed by atoms with Crippen molar-refractivity contribution in [3.8, 4) is 5.75 Å². The molecule has 106 valence electrons. The van der Waals surface area contributed by atoms with Crippen LogP contribution in [-0.2, 0) is 0 Å². The zero-order chi connectivity index (χ0) is 14.1. The first-order valence-electron chi connectivity index (χ1n) is 6.68. The Kier molecular flexibility index (Phi) is 3.56. The number of methoxy groups -OCH3 is 1. The normalized spacial score (nSPS) is 17.7. The van der Waals surface area contributed by atoms with Crippen molar-refractivity contribution in [2.45, 2.75) is 31.0 Å². The number of para-hydroxylation sites is 1. The van der Waals surface area contributed by atoms with Crippen LogP contribution in [0.15, 0.2) is 29.4 Å². The largest absolute Gasteiger partial charge is 0.496 e. The third-order valence-corrected chi connectivity index (χ3v) is 4.38. The van der Waals surface area contributed by atoms with Gasteiger partial charge in [-0.2, -0.15) is 0 Å². The van der Waals surface area contributed by atoms with Gasteiger partial charge in [-0.3, -0.25) is 0 Å². The zero-order valence-corrected chi connectivity index (χ0v) is 12.6. The number of nitrogens with zero attached hydrogens (tertiary/aromatic N) is 3. The van der Waals surface area contributed by atoms with Crippen molar-refractivity contribution in [1.82, 2.24) is 14.9 Å². The Labute approximate surface area is 122 Å². The molecule has 1 N–H and O–H groups in total. The topological polar surface area (TPSA) is 52.0 Å². The maximum atomic E-state index is 5.46. The summed E-state index contributed by atoms with van der Waals surface area (Å²) in [6.07, 6.45) is 0. The molecule has 0 aliphatic carbocycles. The molecule has 1 unspecified atom stereocenters. The quantitative estimate of drug-likeness (QED) is 0.942. The zero-order valence-electron chi connectivity index (χ0n) is 11.8. The molecule has 0 saturated carbocycles. The van der Waals surface area contributed by atoms with E-state index in [2.05, 4.69) is 35.5 Å². The highest BCUT2D eigenvalue weighted by atomic mass is 32.2. The second-order valence-corrected chi connectivity index (χ2v) is 6.05. The highest BCUT2D eigenvalue weighted by molar-refractivity contribution is 7.99. The van der Waals surface area contributed by atoms with Crippen molar-refractivity contribution >= 4 is 11.8 Å². The van der Waals surface area contributed by atoms with E-state index >= 15 is 0 Å². The van der Waals surface area contributed by atoms with Crippen LogP contribution in [0.5, 0.6) is 5.75 Å². The fourth-order valence-corrected chi connectivity index (χ4v) is 3.28. The van der Waals surface area contributed by atoms with Gasteiger partial charge in [-0.15, -0.1) is 10.2 Å². The minimum absolute atomic E-state index is 0.192. The third-order valence-electron chi connectivity index (χ3n) is 3.35. The molecule has 6 heteroatoms. The van der Waals surface area contributed by atoms with Crippen LogP contribution in [-0.4, -0.2) is 27.7 Å². The summed E-state index contributed by atoms with van der Waals surface area (Å²) in [6, 6.07) is 8.31. The predicted molar refractivity (Wildman–Crippen MR) is 79.9 cm³/mol. The van der Waals surface area contributed by atoms with Crippen LogP contribution in [0.2, 0.25) is 0 Å². The van der Waals surface area contributed by atoms with Crippen LogP contribution in [0, 0.1) is 0 Å². The average Bonchev–Trinajstić information content (AvgIpc) is 2.90. The van der Waals surface area contributed by atoms with Crippen LogP contribution in [0.4, 0.5) is 0 Å². The van der Waals surface area contributed by atoms with E-state index in [9.17, 15) is 0 Å². The summed E-state index contributed by atoms with van der Waals surface area (Å²) in [6.45, 7) is 4.24. The monoisotopic (exact) mass is 290 g/mol. The number of rotatable bonds is 3. The molecule has 1 aromatic carbocycles. The summed E-state index contributed by atoms with van der Waals surface area (Å²) in [5.41, 5.74) is 4.67. The number of benzene rings is 1. The highest BCUT2D eigenvalue weighted by Gasteiger charge is 2.26. The number of ether oxygens (including phenoxy) is 1. The highest BCUT2D eigenvalue weighted by Crippen LogP contribution is 2.34. The minimum atomic E-state index is 0.192. The van der Waals surface area contributed by atoms with Gasteiger partial charge >= 0.3 is 0 Å². The number of thioether (sulfide) groups is 1. The Morgan fingerprint density at radius 2 is 2.15 bits per heavy atom. The number of fused-ring (bicyclic) bond motifs is 1. The molecule has 0 radical (unpaired) electrons. The standard InChI is InChI=1S/C14H18N4OS/c1-9(2)13-15-16-14-18(13)17-11(8-20-14)10-6-4-5-7-12(10)19-3/h4-7,9,11,17H,8H2,1-3H3. The Balaban J connectivity index is 1.93. The van der Waals surface area contributed by atoms with E-state index in [-0.39, 0.29) is 6.04 Å². The summed E-state index contributed by atoms with van der Waals surface area (Å²) in [5.74, 6) is 3.12. The molecule has 1 atom stereocenters. The minimum Gasteiger partial charge on any atom is -0.496 e. The average molecular weight is 290 g/mol. The van der Waals surface area contributed by atoms with E-state index in [1.165, 1.54) is 0 Å². The molecule has 1 aliphatic heterocycles. The lowest BCUT2D eigenvalue weighted by molar-refractivity contribution is 0.406. The summed E-state index contributed by atoms with van der Waals surface area (Å²) >= 11 is 1.72. The molecule has 0 spiro atoms. The maximum absolute atomic E-state index is 5.46. The van der Waals surface area contributed by atoms with Crippen molar-refractivity contribution in [3.63, 3.8) is 0 Å². The molecule has 1 aromatic heterocycles. The number of hydrogen-bond donors (Lipinski definition) is 1. The van der Waals surface area contributed by atoms with E-state index in [1.54, 1.807) is 18.9 Å². The van der Waals surface area contributed by atoms with E-state index in [1.807, 2.05) is 22.9 Å². The fourth-order valence-electron chi connectivity index (χ4n) is 2.33. The van der Waals surface area contributed by atoms with Crippen LogP contribution in [0.3, 0.4) is 0 Å². The van der Waals surface area contributed by atoms with E-state index in [0.717, 1.165) is 28.0 Å². The van der Waals surface area contributed by atoms with Crippen molar-refractivity contribution in [2.24, 2.45) is 0 Å². The molecule has 0 saturated heterocycles. The Hall–Kier alpha value is -1.69.